The molecular weight excluding hydrogens is 236 g/mol. The number of hydrogen-bond donors (Lipinski definition) is 1. The van der Waals surface area contributed by atoms with E-state index in [9.17, 15) is 14.7 Å². The molecule has 0 aliphatic carbocycles. The molecule has 0 saturated carbocycles. The summed E-state index contributed by atoms with van der Waals surface area (Å²) in [5, 5.41) is 9.51. The van der Waals surface area contributed by atoms with Crippen LogP contribution in [0, 0.1) is 0 Å². The zero-order valence-corrected chi connectivity index (χ0v) is 10.8. The van der Waals surface area contributed by atoms with Crippen LogP contribution in [0.2, 0.25) is 0 Å². The lowest BCUT2D eigenvalue weighted by atomic mass is 10.0. The first kappa shape index (κ1) is 14.9. The van der Waals surface area contributed by atoms with Crippen LogP contribution in [0.4, 0.5) is 0 Å². The largest absolute Gasteiger partial charge is 0.462 e. The monoisotopic (exact) mass is 256 g/mol. The predicted octanol–water partition coefficient (Wildman–Crippen LogP) is 0.993. The number of hydrogen-bond acceptors (Lipinski definition) is 5. The molecule has 0 amide bonds. The van der Waals surface area contributed by atoms with Crippen LogP contribution in [0.3, 0.4) is 0 Å². The van der Waals surface area contributed by atoms with E-state index in [1.807, 2.05) is 0 Å². The molecule has 0 saturated heterocycles. The number of aliphatic hydroxyl groups excluding tert-OH is 1. The first-order valence-electron chi connectivity index (χ1n) is 6.10. The number of ketones is 1. The van der Waals surface area contributed by atoms with Gasteiger partial charge in [-0.1, -0.05) is 12.2 Å². The van der Waals surface area contributed by atoms with Crippen LogP contribution in [-0.4, -0.2) is 42.3 Å². The maximum atomic E-state index is 11.6. The first-order valence-corrected chi connectivity index (χ1v) is 6.10. The highest BCUT2D eigenvalue weighted by molar-refractivity contribution is 5.80. The minimum Gasteiger partial charge on any atom is -0.462 e. The molecule has 5 nitrogen and oxygen atoms in total. The zero-order valence-electron chi connectivity index (χ0n) is 10.8. The number of Topliss-reactive ketones (excluding diaryl/α,β-unsaturated/α-hetero) is 1. The fraction of sp³-hybridized carbons (Fsp3) is 0.692. The molecule has 0 fully saturated rings. The quantitative estimate of drug-likeness (QED) is 0.559. The maximum absolute atomic E-state index is 11.6. The second kappa shape index (κ2) is 7.28. The van der Waals surface area contributed by atoms with Crippen LogP contribution in [0.1, 0.15) is 32.6 Å². The van der Waals surface area contributed by atoms with Gasteiger partial charge in [0.2, 0.25) is 0 Å². The third-order valence-corrected chi connectivity index (χ3v) is 2.80. The molecule has 0 radical (unpaired) electrons. The third kappa shape index (κ3) is 5.42. The van der Waals surface area contributed by atoms with Crippen molar-refractivity contribution in [3.05, 3.63) is 12.2 Å². The predicted molar refractivity (Wildman–Crippen MR) is 65.0 cm³/mol. The summed E-state index contributed by atoms with van der Waals surface area (Å²) in [5.74, 6) is -0.397. The number of carbonyl (C=O) groups excluding carboxylic acids is 2. The van der Waals surface area contributed by atoms with Gasteiger partial charge in [0.15, 0.2) is 0 Å². The van der Waals surface area contributed by atoms with Crippen LogP contribution in [0.15, 0.2) is 12.2 Å². The smallest absolute Gasteiger partial charge is 0.309 e. The maximum Gasteiger partial charge on any atom is 0.309 e. The summed E-state index contributed by atoms with van der Waals surface area (Å²) in [6.07, 6.45) is 2.50. The Labute approximate surface area is 107 Å². The Morgan fingerprint density at radius 2 is 2.11 bits per heavy atom. The Kier molecular flexibility index (Phi) is 6.01. The van der Waals surface area contributed by atoms with Crippen molar-refractivity contribution < 1.29 is 24.2 Å². The number of ether oxygens (including phenoxy) is 2. The van der Waals surface area contributed by atoms with Crippen molar-refractivity contribution in [2.45, 2.75) is 50.9 Å². The van der Waals surface area contributed by atoms with Crippen molar-refractivity contribution in [2.24, 2.45) is 0 Å². The van der Waals surface area contributed by atoms with Gasteiger partial charge in [-0.3, -0.25) is 9.59 Å². The van der Waals surface area contributed by atoms with Crippen molar-refractivity contribution in [2.75, 3.05) is 7.11 Å². The molecular formula is C13H20O5. The number of methoxy groups -OCH3 is 1. The minimum absolute atomic E-state index is 0.0457. The molecule has 0 aromatic heterocycles. The van der Waals surface area contributed by atoms with Gasteiger partial charge in [0.1, 0.15) is 11.9 Å². The van der Waals surface area contributed by atoms with E-state index in [2.05, 4.69) is 0 Å². The molecule has 1 N–H and O–H groups in total. The van der Waals surface area contributed by atoms with Crippen LogP contribution >= 0.6 is 0 Å². The van der Waals surface area contributed by atoms with Gasteiger partial charge in [-0.25, -0.2) is 0 Å². The van der Waals surface area contributed by atoms with E-state index < -0.39 is 12.1 Å². The second-order valence-electron chi connectivity index (χ2n) is 4.54. The van der Waals surface area contributed by atoms with Gasteiger partial charge in [-0.05, 0) is 6.92 Å². The molecule has 1 aliphatic rings. The normalized spacial score (nSPS) is 33.2. The molecule has 0 bridgehead atoms. The Morgan fingerprint density at radius 1 is 1.39 bits per heavy atom. The summed E-state index contributed by atoms with van der Waals surface area (Å²) in [7, 11) is 1.54. The van der Waals surface area contributed by atoms with E-state index in [0.29, 0.717) is 12.8 Å². The average molecular weight is 256 g/mol. The first-order chi connectivity index (χ1) is 8.51. The van der Waals surface area contributed by atoms with Crippen molar-refractivity contribution in [3.63, 3.8) is 0 Å². The standard InChI is InChI=1S/C13H20O5/c1-9-6-12(17-2)7-10(14)4-3-5-11(15)8-13(16)18-9/h3,5,9,11-12,15H,4,6-8H2,1-2H3/b5-3-/t9-,11-,12-/m1/s1. The molecule has 3 atom stereocenters. The van der Waals surface area contributed by atoms with Gasteiger partial charge < -0.3 is 14.6 Å². The van der Waals surface area contributed by atoms with Crippen LogP contribution in [0.25, 0.3) is 0 Å². The Hall–Kier alpha value is -1.20. The molecule has 18 heavy (non-hydrogen) atoms. The fourth-order valence-electron chi connectivity index (χ4n) is 1.89. The summed E-state index contributed by atoms with van der Waals surface area (Å²) >= 11 is 0. The summed E-state index contributed by atoms with van der Waals surface area (Å²) in [5.41, 5.74) is 0. The minimum atomic E-state index is -0.893. The molecule has 1 heterocycles. The van der Waals surface area contributed by atoms with Crippen molar-refractivity contribution in [1.29, 1.82) is 0 Å². The summed E-state index contributed by atoms with van der Waals surface area (Å²) in [6, 6.07) is 0. The number of esters is 1. The molecule has 1 rings (SSSR count). The van der Waals surface area contributed by atoms with E-state index in [-0.39, 0.29) is 30.8 Å². The number of rotatable bonds is 1. The molecule has 0 aromatic carbocycles. The third-order valence-electron chi connectivity index (χ3n) is 2.80. The van der Waals surface area contributed by atoms with Gasteiger partial charge in [-0.2, -0.15) is 0 Å². The van der Waals surface area contributed by atoms with Gasteiger partial charge in [0.05, 0.1) is 18.6 Å². The molecule has 1 aliphatic heterocycles. The number of allylic oxidation sites excluding steroid dienone is 1. The molecule has 5 heteroatoms. The van der Waals surface area contributed by atoms with E-state index in [1.165, 1.54) is 13.2 Å². The molecule has 0 aromatic rings. The summed E-state index contributed by atoms with van der Waals surface area (Å²) < 4.78 is 10.3. The highest BCUT2D eigenvalue weighted by Crippen LogP contribution is 2.13. The lowest BCUT2D eigenvalue weighted by Gasteiger charge is -2.20. The lowest BCUT2D eigenvalue weighted by molar-refractivity contribution is -0.151. The van der Waals surface area contributed by atoms with Gasteiger partial charge in [0, 0.05) is 26.4 Å². The molecule has 102 valence electrons. The van der Waals surface area contributed by atoms with Crippen molar-refractivity contribution >= 4 is 11.8 Å². The van der Waals surface area contributed by atoms with E-state index in [1.54, 1.807) is 13.0 Å². The van der Waals surface area contributed by atoms with Gasteiger partial charge >= 0.3 is 5.97 Å². The van der Waals surface area contributed by atoms with Crippen molar-refractivity contribution in [1.82, 2.24) is 0 Å². The number of cyclic esters (lactones) is 1. The average Bonchev–Trinajstić information content (AvgIpc) is 2.26. The topological polar surface area (TPSA) is 72.8 Å². The number of aliphatic hydroxyl groups is 1. The Balaban J connectivity index is 2.71. The molecule has 0 spiro atoms. The van der Waals surface area contributed by atoms with Crippen LogP contribution in [0.5, 0.6) is 0 Å². The second-order valence-corrected chi connectivity index (χ2v) is 4.54. The van der Waals surface area contributed by atoms with Crippen molar-refractivity contribution in [3.8, 4) is 0 Å². The summed E-state index contributed by atoms with van der Waals surface area (Å²) in [4.78, 5) is 23.1. The fourth-order valence-corrected chi connectivity index (χ4v) is 1.89. The van der Waals surface area contributed by atoms with Crippen LogP contribution < -0.4 is 0 Å². The summed E-state index contributed by atoms with van der Waals surface area (Å²) in [6.45, 7) is 1.75. The number of carbonyl (C=O) groups is 2. The SMILES string of the molecule is CO[C@H]1CC(=O)C/C=C\[C@@H](O)CC(=O)O[C@H](C)C1. The Bertz CT molecular complexity index is 323. The lowest BCUT2D eigenvalue weighted by Crippen LogP contribution is -2.26. The van der Waals surface area contributed by atoms with Crippen LogP contribution in [-0.2, 0) is 19.1 Å². The highest BCUT2D eigenvalue weighted by atomic mass is 16.5. The highest BCUT2D eigenvalue weighted by Gasteiger charge is 2.20. The van der Waals surface area contributed by atoms with E-state index >= 15 is 0 Å². The van der Waals surface area contributed by atoms with E-state index in [4.69, 9.17) is 9.47 Å². The Morgan fingerprint density at radius 3 is 2.78 bits per heavy atom. The molecule has 0 unspecified atom stereocenters. The van der Waals surface area contributed by atoms with E-state index in [0.717, 1.165) is 0 Å². The van der Waals surface area contributed by atoms with Gasteiger partial charge in [-0.15, -0.1) is 0 Å². The zero-order chi connectivity index (χ0) is 13.5. The van der Waals surface area contributed by atoms with Gasteiger partial charge in [0.25, 0.3) is 0 Å².